The Labute approximate surface area is 213 Å². The number of fused-ring (bicyclic) bond motifs is 1. The lowest BCUT2D eigenvalue weighted by molar-refractivity contribution is 0.139. The molecule has 4 rings (SSSR count). The van der Waals surface area contributed by atoms with Gasteiger partial charge in [-0.25, -0.2) is 15.0 Å². The second-order valence-electron chi connectivity index (χ2n) is 8.20. The molecular formula is C25H25ClN4O2S2. The van der Waals surface area contributed by atoms with E-state index in [1.807, 2.05) is 42.6 Å². The van der Waals surface area contributed by atoms with E-state index >= 15 is 0 Å². The van der Waals surface area contributed by atoms with Crippen LogP contribution in [-0.2, 0) is 13.0 Å². The fourth-order valence-corrected chi connectivity index (χ4v) is 4.63. The van der Waals surface area contributed by atoms with Gasteiger partial charge in [0, 0.05) is 29.1 Å². The highest BCUT2D eigenvalue weighted by Gasteiger charge is 2.13. The van der Waals surface area contributed by atoms with E-state index in [4.69, 9.17) is 28.6 Å². The van der Waals surface area contributed by atoms with Gasteiger partial charge in [0.15, 0.2) is 0 Å². The lowest BCUT2D eigenvalue weighted by Gasteiger charge is -2.15. The lowest BCUT2D eigenvalue weighted by Crippen LogP contribution is -2.17. The highest BCUT2D eigenvalue weighted by atomic mass is 35.5. The number of nitrogens with zero attached hydrogens (tertiary/aromatic N) is 3. The average molecular weight is 513 g/mol. The molecule has 0 aliphatic rings. The first-order chi connectivity index (χ1) is 16.4. The van der Waals surface area contributed by atoms with Crippen LogP contribution in [0, 0.1) is 5.92 Å². The second kappa shape index (κ2) is 11.2. The van der Waals surface area contributed by atoms with Gasteiger partial charge < -0.3 is 15.2 Å². The average Bonchev–Trinajstić information content (AvgIpc) is 3.32. The molecule has 34 heavy (non-hydrogen) atoms. The number of hydrogen-bond acceptors (Lipinski definition) is 8. The van der Waals surface area contributed by atoms with E-state index in [0.717, 1.165) is 32.0 Å². The fourth-order valence-electron chi connectivity index (χ4n) is 3.44. The zero-order valence-corrected chi connectivity index (χ0v) is 21.3. The Morgan fingerprint density at radius 2 is 2.03 bits per heavy atom. The summed E-state index contributed by atoms with van der Waals surface area (Å²) in [6.07, 6.45) is 4.27. The summed E-state index contributed by atoms with van der Waals surface area (Å²) >= 11 is 13.6. The summed E-state index contributed by atoms with van der Waals surface area (Å²) in [6, 6.07) is 11.6. The SMILES string of the molecule is CC(O)C(C)CC(=S)Cc1ccc2ncnc(Nc3ccc(OCc4nccs4)c(Cl)c3)c2c1. The molecule has 6 nitrogen and oxygen atoms in total. The number of anilines is 2. The van der Waals surface area contributed by atoms with E-state index in [0.29, 0.717) is 36.0 Å². The lowest BCUT2D eigenvalue weighted by atomic mass is 9.96. The van der Waals surface area contributed by atoms with Crippen molar-refractivity contribution in [1.29, 1.82) is 0 Å². The molecule has 2 heterocycles. The summed E-state index contributed by atoms with van der Waals surface area (Å²) in [5.41, 5.74) is 2.70. The van der Waals surface area contributed by atoms with Crippen molar-refractivity contribution in [2.75, 3.05) is 5.32 Å². The summed E-state index contributed by atoms with van der Waals surface area (Å²) in [7, 11) is 0. The quantitative estimate of drug-likeness (QED) is 0.238. The van der Waals surface area contributed by atoms with Crippen LogP contribution in [0.25, 0.3) is 10.9 Å². The monoisotopic (exact) mass is 512 g/mol. The zero-order valence-electron chi connectivity index (χ0n) is 18.9. The number of thiocarbonyl (C=S) groups is 1. The fraction of sp³-hybridized carbons (Fsp3) is 0.280. The number of ether oxygens (including phenoxy) is 1. The van der Waals surface area contributed by atoms with Gasteiger partial charge in [-0.2, -0.15) is 0 Å². The number of aliphatic hydroxyl groups is 1. The number of aliphatic hydroxyl groups excluding tert-OH is 1. The van der Waals surface area contributed by atoms with Crippen molar-refractivity contribution >= 4 is 62.4 Å². The molecule has 0 amide bonds. The minimum Gasteiger partial charge on any atom is -0.485 e. The Morgan fingerprint density at radius 1 is 1.18 bits per heavy atom. The molecular weight excluding hydrogens is 488 g/mol. The van der Waals surface area contributed by atoms with Crippen molar-refractivity contribution in [1.82, 2.24) is 15.0 Å². The van der Waals surface area contributed by atoms with Crippen LogP contribution in [0.3, 0.4) is 0 Å². The Bertz CT molecular complexity index is 1280. The number of halogens is 1. The summed E-state index contributed by atoms with van der Waals surface area (Å²) in [5, 5.41) is 17.3. The molecule has 2 N–H and O–H groups in total. The van der Waals surface area contributed by atoms with Gasteiger partial charge in [-0.05, 0) is 60.0 Å². The van der Waals surface area contributed by atoms with Crippen molar-refractivity contribution in [3.05, 3.63) is 69.9 Å². The number of benzene rings is 2. The molecule has 0 saturated carbocycles. The number of nitrogens with one attached hydrogen (secondary N) is 1. The van der Waals surface area contributed by atoms with E-state index in [-0.39, 0.29) is 12.0 Å². The molecule has 2 aromatic carbocycles. The molecule has 0 saturated heterocycles. The third kappa shape index (κ3) is 6.27. The maximum absolute atomic E-state index is 9.76. The Kier molecular flexibility index (Phi) is 8.05. The topological polar surface area (TPSA) is 80.2 Å². The number of aromatic nitrogens is 3. The van der Waals surface area contributed by atoms with Gasteiger partial charge in [-0.15, -0.1) is 11.3 Å². The van der Waals surface area contributed by atoms with Crippen LogP contribution in [0.1, 0.15) is 30.8 Å². The van der Waals surface area contributed by atoms with Crippen molar-refractivity contribution in [3.8, 4) is 5.75 Å². The van der Waals surface area contributed by atoms with Crippen molar-refractivity contribution < 1.29 is 9.84 Å². The first-order valence-electron chi connectivity index (χ1n) is 10.9. The van der Waals surface area contributed by atoms with E-state index in [1.165, 1.54) is 17.7 Å². The van der Waals surface area contributed by atoms with Gasteiger partial charge in [0.05, 0.1) is 16.6 Å². The number of rotatable bonds is 10. The van der Waals surface area contributed by atoms with Crippen LogP contribution in [0.15, 0.2) is 54.3 Å². The van der Waals surface area contributed by atoms with E-state index in [2.05, 4.69) is 26.3 Å². The maximum Gasteiger partial charge on any atom is 0.141 e. The molecule has 0 aliphatic carbocycles. The highest BCUT2D eigenvalue weighted by Crippen LogP contribution is 2.31. The molecule has 2 aromatic heterocycles. The Morgan fingerprint density at radius 3 is 2.76 bits per heavy atom. The van der Waals surface area contributed by atoms with Gasteiger partial charge in [-0.3, -0.25) is 0 Å². The van der Waals surface area contributed by atoms with Crippen molar-refractivity contribution in [2.45, 2.75) is 39.4 Å². The van der Waals surface area contributed by atoms with Gasteiger partial charge in [0.1, 0.15) is 29.5 Å². The first kappa shape index (κ1) is 24.5. The number of hydrogen-bond donors (Lipinski definition) is 2. The van der Waals surface area contributed by atoms with E-state index in [9.17, 15) is 5.11 Å². The van der Waals surface area contributed by atoms with Crippen LogP contribution in [0.4, 0.5) is 11.5 Å². The smallest absolute Gasteiger partial charge is 0.141 e. The molecule has 4 aromatic rings. The molecule has 0 radical (unpaired) electrons. The van der Waals surface area contributed by atoms with Crippen LogP contribution >= 0.6 is 35.2 Å². The molecule has 0 bridgehead atoms. The molecule has 0 fully saturated rings. The largest absolute Gasteiger partial charge is 0.485 e. The van der Waals surface area contributed by atoms with Crippen molar-refractivity contribution in [3.63, 3.8) is 0 Å². The normalized spacial score (nSPS) is 12.9. The molecule has 2 atom stereocenters. The number of thiazole rings is 1. The third-order valence-corrected chi connectivity index (χ3v) is 6.86. The molecule has 0 spiro atoms. The summed E-state index contributed by atoms with van der Waals surface area (Å²) in [5.74, 6) is 1.41. The Hall–Kier alpha value is -2.65. The van der Waals surface area contributed by atoms with Crippen LogP contribution in [-0.4, -0.2) is 31.0 Å². The van der Waals surface area contributed by atoms with E-state index in [1.54, 1.807) is 13.1 Å². The van der Waals surface area contributed by atoms with Crippen LogP contribution in [0.5, 0.6) is 5.75 Å². The van der Waals surface area contributed by atoms with Gasteiger partial charge in [-0.1, -0.05) is 36.8 Å². The minimum atomic E-state index is -0.380. The highest BCUT2D eigenvalue weighted by molar-refractivity contribution is 7.80. The summed E-state index contributed by atoms with van der Waals surface area (Å²) < 4.78 is 5.79. The minimum absolute atomic E-state index is 0.131. The van der Waals surface area contributed by atoms with Gasteiger partial charge in [0.25, 0.3) is 0 Å². The standard InChI is InChI=1S/C25H25ClN4O2S2/c1-15(16(2)31)9-19(33)10-17-3-5-22-20(11-17)25(29-14-28-22)30-18-4-6-23(21(26)12-18)32-13-24-27-7-8-34-24/h3-8,11-12,14-16,31H,9-10,13H2,1-2H3,(H,28,29,30). The Balaban J connectivity index is 1.49. The van der Waals surface area contributed by atoms with E-state index < -0.39 is 0 Å². The molecule has 9 heteroatoms. The summed E-state index contributed by atoms with van der Waals surface area (Å²) in [4.78, 5) is 14.0. The van der Waals surface area contributed by atoms with Crippen LogP contribution < -0.4 is 10.1 Å². The zero-order chi connectivity index (χ0) is 24.1. The maximum atomic E-state index is 9.76. The van der Waals surface area contributed by atoms with Crippen LogP contribution in [0.2, 0.25) is 5.02 Å². The second-order valence-corrected chi connectivity index (χ2v) is 10.2. The predicted molar refractivity (Wildman–Crippen MR) is 142 cm³/mol. The molecule has 2 unspecified atom stereocenters. The van der Waals surface area contributed by atoms with Gasteiger partial charge in [0.2, 0.25) is 0 Å². The van der Waals surface area contributed by atoms with Gasteiger partial charge >= 0.3 is 0 Å². The molecule has 176 valence electrons. The molecule has 0 aliphatic heterocycles. The third-order valence-electron chi connectivity index (χ3n) is 5.50. The predicted octanol–water partition coefficient (Wildman–Crippen LogP) is 6.38. The first-order valence-corrected chi connectivity index (χ1v) is 12.6. The summed E-state index contributed by atoms with van der Waals surface area (Å²) in [6.45, 7) is 4.18. The van der Waals surface area contributed by atoms with Crippen molar-refractivity contribution in [2.24, 2.45) is 5.92 Å².